The average molecular weight is 654 g/mol. The summed E-state index contributed by atoms with van der Waals surface area (Å²) in [4.78, 5) is 57.3. The summed E-state index contributed by atoms with van der Waals surface area (Å²) in [6, 6.07) is 23.4. The number of hydrogen-bond acceptors (Lipinski definition) is 5. The zero-order valence-electron chi connectivity index (χ0n) is 27.3. The number of rotatable bonds is 16. The molecule has 1 saturated carbocycles. The number of nitrogens with zero attached hydrogens (tertiary/aromatic N) is 1. The van der Waals surface area contributed by atoms with Crippen molar-refractivity contribution in [2.24, 2.45) is 28.1 Å². The molecule has 0 bridgehead atoms. The largest absolute Gasteiger partial charge is 0.370 e. The summed E-state index contributed by atoms with van der Waals surface area (Å²) in [6.07, 6.45) is 6.43. The van der Waals surface area contributed by atoms with Crippen molar-refractivity contribution in [3.63, 3.8) is 0 Å². The molecule has 0 aliphatic heterocycles. The Morgan fingerprint density at radius 3 is 1.90 bits per heavy atom. The summed E-state index contributed by atoms with van der Waals surface area (Å²) in [7, 11) is 0. The molecule has 254 valence electrons. The Bertz CT molecular complexity index is 1520. The third kappa shape index (κ3) is 11.3. The normalized spacial score (nSPS) is 14.9. The second kappa shape index (κ2) is 18.2. The van der Waals surface area contributed by atoms with Crippen LogP contribution in [0.2, 0.25) is 0 Å². The minimum Gasteiger partial charge on any atom is -0.370 e. The molecule has 3 aromatic rings. The van der Waals surface area contributed by atoms with E-state index in [2.05, 4.69) is 20.9 Å². The summed E-state index contributed by atoms with van der Waals surface area (Å²) in [6.45, 7) is 0.243. The van der Waals surface area contributed by atoms with Crippen LogP contribution < -0.4 is 33.2 Å². The van der Waals surface area contributed by atoms with Crippen LogP contribution in [-0.2, 0) is 20.8 Å². The number of amides is 4. The fraction of sp³-hybridized carbons (Fsp3) is 0.378. The topological polar surface area (TPSA) is 195 Å². The predicted molar refractivity (Wildman–Crippen MR) is 187 cm³/mol. The Labute approximate surface area is 282 Å². The van der Waals surface area contributed by atoms with Crippen molar-refractivity contribution in [3.8, 4) is 11.1 Å². The summed E-state index contributed by atoms with van der Waals surface area (Å²) in [5.74, 6) is -1.93. The van der Waals surface area contributed by atoms with Crippen LogP contribution in [0.3, 0.4) is 0 Å². The molecule has 0 aromatic heterocycles. The molecule has 4 rings (SSSR count). The van der Waals surface area contributed by atoms with E-state index in [4.69, 9.17) is 17.2 Å². The van der Waals surface area contributed by atoms with Crippen LogP contribution in [0, 0.1) is 5.92 Å². The third-order valence-corrected chi connectivity index (χ3v) is 8.69. The third-order valence-electron chi connectivity index (χ3n) is 8.69. The van der Waals surface area contributed by atoms with Gasteiger partial charge in [0, 0.05) is 18.5 Å². The first-order valence-electron chi connectivity index (χ1n) is 16.7. The smallest absolute Gasteiger partial charge is 0.251 e. The number of carbonyl (C=O) groups is 4. The Kier molecular flexibility index (Phi) is 13.5. The van der Waals surface area contributed by atoms with Crippen molar-refractivity contribution in [2.75, 3.05) is 6.54 Å². The highest BCUT2D eigenvalue weighted by atomic mass is 16.2. The number of benzene rings is 3. The van der Waals surface area contributed by atoms with Crippen LogP contribution >= 0.6 is 0 Å². The molecule has 0 saturated heterocycles. The zero-order chi connectivity index (χ0) is 34.3. The summed E-state index contributed by atoms with van der Waals surface area (Å²) >= 11 is 0. The highest BCUT2D eigenvalue weighted by Crippen LogP contribution is 2.28. The highest BCUT2D eigenvalue weighted by molar-refractivity contribution is 5.99. The van der Waals surface area contributed by atoms with Crippen molar-refractivity contribution < 1.29 is 19.2 Å². The summed E-state index contributed by atoms with van der Waals surface area (Å²) in [5.41, 5.74) is 19.9. The Morgan fingerprint density at radius 1 is 0.688 bits per heavy atom. The molecule has 48 heavy (non-hydrogen) atoms. The SMILES string of the molecule is NC(=O)[C@H](Cc1ccccc1)NC(=O)[C@H](CCCN=C(N)N)NC(=O)[C@H](CC1CCCCC1)NC(=O)c1ccc(-c2ccccc2)cc1. The van der Waals surface area contributed by atoms with E-state index >= 15 is 0 Å². The molecular weight excluding hydrogens is 606 g/mol. The van der Waals surface area contributed by atoms with Crippen molar-refractivity contribution in [1.29, 1.82) is 0 Å². The van der Waals surface area contributed by atoms with Crippen molar-refractivity contribution in [1.82, 2.24) is 16.0 Å². The van der Waals surface area contributed by atoms with Gasteiger partial charge in [0.1, 0.15) is 18.1 Å². The molecule has 1 aliphatic carbocycles. The maximum Gasteiger partial charge on any atom is 0.251 e. The van der Waals surface area contributed by atoms with Crippen LogP contribution in [0.15, 0.2) is 89.9 Å². The molecule has 9 N–H and O–H groups in total. The first kappa shape index (κ1) is 35.7. The van der Waals surface area contributed by atoms with E-state index < -0.39 is 35.8 Å². The zero-order valence-corrected chi connectivity index (χ0v) is 27.3. The summed E-state index contributed by atoms with van der Waals surface area (Å²) < 4.78 is 0. The van der Waals surface area contributed by atoms with Gasteiger partial charge < -0.3 is 33.2 Å². The number of nitrogens with one attached hydrogen (secondary N) is 3. The molecule has 3 aromatic carbocycles. The Hall–Kier alpha value is -5.19. The molecule has 0 heterocycles. The molecule has 1 fully saturated rings. The van der Waals surface area contributed by atoms with Gasteiger partial charge in [0.05, 0.1) is 0 Å². The molecule has 11 nitrogen and oxygen atoms in total. The number of guanidine groups is 1. The number of carbonyl (C=O) groups excluding carboxylic acids is 4. The quantitative estimate of drug-likeness (QED) is 0.0780. The van der Waals surface area contributed by atoms with Gasteiger partial charge >= 0.3 is 0 Å². The number of nitrogens with two attached hydrogens (primary N) is 3. The highest BCUT2D eigenvalue weighted by Gasteiger charge is 2.31. The van der Waals surface area contributed by atoms with Crippen molar-refractivity contribution >= 4 is 29.6 Å². The maximum atomic E-state index is 13.9. The van der Waals surface area contributed by atoms with Gasteiger partial charge in [0.15, 0.2) is 5.96 Å². The van der Waals surface area contributed by atoms with Gasteiger partial charge in [0.2, 0.25) is 17.7 Å². The average Bonchev–Trinajstić information content (AvgIpc) is 3.10. The molecule has 3 atom stereocenters. The van der Waals surface area contributed by atoms with Crippen molar-refractivity contribution in [3.05, 3.63) is 96.1 Å². The number of hydrogen-bond donors (Lipinski definition) is 6. The maximum absolute atomic E-state index is 13.9. The molecule has 0 unspecified atom stereocenters. The van der Waals surface area contributed by atoms with Crippen LogP contribution in [0.25, 0.3) is 11.1 Å². The fourth-order valence-corrected chi connectivity index (χ4v) is 6.06. The Morgan fingerprint density at radius 2 is 1.27 bits per heavy atom. The van der Waals surface area contributed by atoms with Crippen molar-refractivity contribution in [2.45, 2.75) is 75.9 Å². The standard InChI is InChI=1S/C37H47N7O4/c38-33(45)31(23-25-11-4-1-5-12-25)43-35(47)30(17-10-22-41-37(39)40)42-36(48)32(24-26-13-6-2-7-14-26)44-34(46)29-20-18-28(19-21-29)27-15-8-3-9-16-27/h1,3-5,8-9,11-12,15-16,18-21,26,30-32H,2,6-7,10,13-14,17,22-24H2,(H2,38,45)(H,42,48)(H,43,47)(H,44,46)(H4,39,40,41)/t30-,31-,32-/m0/s1. The van der Waals surface area contributed by atoms with E-state index in [1.54, 1.807) is 12.1 Å². The van der Waals surface area contributed by atoms with Gasteiger partial charge in [0.25, 0.3) is 5.91 Å². The minimum absolute atomic E-state index is 0.0799. The van der Waals surface area contributed by atoms with E-state index in [1.807, 2.05) is 72.8 Å². The first-order valence-corrected chi connectivity index (χ1v) is 16.7. The molecule has 11 heteroatoms. The van der Waals surface area contributed by atoms with Crippen LogP contribution in [0.4, 0.5) is 0 Å². The Balaban J connectivity index is 1.50. The fourth-order valence-electron chi connectivity index (χ4n) is 6.06. The predicted octanol–water partition coefficient (Wildman–Crippen LogP) is 3.17. The molecule has 1 aliphatic rings. The van der Waals surface area contributed by atoms with Gasteiger partial charge in [-0.25, -0.2) is 0 Å². The van der Waals surface area contributed by atoms with Gasteiger partial charge in [-0.2, -0.15) is 0 Å². The molecule has 4 amide bonds. The van der Waals surface area contributed by atoms with E-state index in [-0.39, 0.29) is 37.2 Å². The lowest BCUT2D eigenvalue weighted by molar-refractivity contribution is -0.132. The lowest BCUT2D eigenvalue weighted by Crippen LogP contribution is -2.57. The lowest BCUT2D eigenvalue weighted by Gasteiger charge is -2.28. The number of aliphatic imine (C=N–C) groups is 1. The van der Waals surface area contributed by atoms with E-state index in [0.29, 0.717) is 18.4 Å². The van der Waals surface area contributed by atoms with Crippen LogP contribution in [0.5, 0.6) is 0 Å². The van der Waals surface area contributed by atoms with Crippen LogP contribution in [-0.4, -0.2) is 54.3 Å². The first-order chi connectivity index (χ1) is 23.2. The van der Waals surface area contributed by atoms with Crippen LogP contribution in [0.1, 0.15) is 67.3 Å². The number of primary amides is 1. The van der Waals surface area contributed by atoms with Gasteiger partial charge in [-0.15, -0.1) is 0 Å². The van der Waals surface area contributed by atoms with Gasteiger partial charge in [-0.1, -0.05) is 105 Å². The minimum atomic E-state index is -1.03. The van der Waals surface area contributed by atoms with Gasteiger partial charge in [-0.05, 0) is 54.0 Å². The second-order valence-electron chi connectivity index (χ2n) is 12.4. The summed E-state index contributed by atoms with van der Waals surface area (Å²) in [5, 5.41) is 8.53. The molecular formula is C37H47N7O4. The van der Waals surface area contributed by atoms with Gasteiger partial charge in [-0.3, -0.25) is 24.2 Å². The van der Waals surface area contributed by atoms with E-state index in [9.17, 15) is 19.2 Å². The lowest BCUT2D eigenvalue weighted by atomic mass is 9.84. The second-order valence-corrected chi connectivity index (χ2v) is 12.4. The molecule has 0 radical (unpaired) electrons. The van der Waals surface area contributed by atoms with E-state index in [1.165, 1.54) is 0 Å². The monoisotopic (exact) mass is 653 g/mol. The van der Waals surface area contributed by atoms with E-state index in [0.717, 1.165) is 48.8 Å². The molecule has 0 spiro atoms.